The van der Waals surface area contributed by atoms with Crippen molar-refractivity contribution in [3.63, 3.8) is 0 Å². The molecule has 0 aliphatic carbocycles. The van der Waals surface area contributed by atoms with Crippen molar-refractivity contribution in [1.82, 2.24) is 24.4 Å². The first-order valence-electron chi connectivity index (χ1n) is 7.16. The molecule has 1 atom stereocenters. The number of ether oxygens (including phenoxy) is 1. The summed E-state index contributed by atoms with van der Waals surface area (Å²) in [7, 11) is 0. The number of carbonyl (C=O) groups excluding carboxylic acids is 1. The van der Waals surface area contributed by atoms with Gasteiger partial charge in [0, 0.05) is 13.1 Å². The van der Waals surface area contributed by atoms with Crippen LogP contribution in [0.3, 0.4) is 0 Å². The van der Waals surface area contributed by atoms with Crippen molar-refractivity contribution in [1.29, 1.82) is 0 Å². The van der Waals surface area contributed by atoms with Gasteiger partial charge in [-0.1, -0.05) is 11.6 Å². The smallest absolute Gasteiger partial charge is 0.410 e. The van der Waals surface area contributed by atoms with E-state index in [1.165, 1.54) is 6.33 Å². The van der Waals surface area contributed by atoms with Crippen LogP contribution < -0.4 is 0 Å². The molecule has 3 heterocycles. The molecule has 0 aromatic carbocycles. The summed E-state index contributed by atoms with van der Waals surface area (Å²) in [6.45, 7) is 6.81. The fraction of sp³-hybridized carbons (Fsp3) is 0.571. The van der Waals surface area contributed by atoms with Crippen molar-refractivity contribution in [2.45, 2.75) is 38.8 Å². The van der Waals surface area contributed by atoms with E-state index in [1.807, 2.05) is 25.3 Å². The lowest BCUT2D eigenvalue weighted by molar-refractivity contribution is 0.0289. The van der Waals surface area contributed by atoms with Crippen LogP contribution in [-0.4, -0.2) is 49.2 Å². The maximum absolute atomic E-state index is 12.1. The summed E-state index contributed by atoms with van der Waals surface area (Å²) in [5.41, 5.74) is 0.786. The van der Waals surface area contributed by atoms with Crippen molar-refractivity contribution in [2.24, 2.45) is 0 Å². The molecule has 7 nitrogen and oxygen atoms in total. The van der Waals surface area contributed by atoms with Crippen molar-refractivity contribution >= 4 is 28.9 Å². The lowest BCUT2D eigenvalue weighted by Gasteiger charge is -2.24. The first kappa shape index (κ1) is 15.0. The van der Waals surface area contributed by atoms with E-state index in [1.54, 1.807) is 11.2 Å². The molecule has 118 valence electrons. The highest BCUT2D eigenvalue weighted by atomic mass is 35.5. The van der Waals surface area contributed by atoms with Gasteiger partial charge in [0.1, 0.15) is 17.4 Å². The lowest BCUT2D eigenvalue weighted by atomic mass is 10.2. The average molecular weight is 324 g/mol. The van der Waals surface area contributed by atoms with Crippen molar-refractivity contribution in [3.05, 3.63) is 17.8 Å². The third-order valence-corrected chi connectivity index (χ3v) is 3.80. The first-order valence-corrected chi connectivity index (χ1v) is 7.54. The van der Waals surface area contributed by atoms with E-state index in [0.717, 1.165) is 6.42 Å². The molecule has 1 aliphatic heterocycles. The fourth-order valence-corrected chi connectivity index (χ4v) is 2.73. The molecule has 1 fully saturated rings. The van der Waals surface area contributed by atoms with E-state index in [0.29, 0.717) is 29.4 Å². The monoisotopic (exact) mass is 323 g/mol. The molecule has 0 unspecified atom stereocenters. The molecule has 2 aromatic rings. The number of fused-ring (bicyclic) bond motifs is 1. The Morgan fingerprint density at radius 2 is 2.14 bits per heavy atom. The van der Waals surface area contributed by atoms with Crippen LogP contribution in [0.4, 0.5) is 4.79 Å². The largest absolute Gasteiger partial charge is 0.444 e. The Balaban J connectivity index is 1.77. The molecule has 0 radical (unpaired) electrons. The number of amides is 1. The minimum Gasteiger partial charge on any atom is -0.444 e. The number of carbonyl (C=O) groups is 1. The molecular formula is C14H18ClN5O2. The minimum atomic E-state index is -0.488. The molecule has 0 N–H and O–H groups in total. The van der Waals surface area contributed by atoms with Crippen LogP contribution in [0.15, 0.2) is 12.7 Å². The number of hydrogen-bond donors (Lipinski definition) is 0. The minimum absolute atomic E-state index is 0.114. The molecule has 22 heavy (non-hydrogen) atoms. The van der Waals surface area contributed by atoms with Gasteiger partial charge in [-0.25, -0.2) is 19.7 Å². The van der Waals surface area contributed by atoms with E-state index in [9.17, 15) is 4.79 Å². The lowest BCUT2D eigenvalue weighted by Crippen LogP contribution is -2.35. The molecular weight excluding hydrogens is 306 g/mol. The van der Waals surface area contributed by atoms with Crippen LogP contribution in [0, 0.1) is 0 Å². The van der Waals surface area contributed by atoms with E-state index in [2.05, 4.69) is 15.0 Å². The maximum atomic E-state index is 12.1. The van der Waals surface area contributed by atoms with E-state index < -0.39 is 5.60 Å². The average Bonchev–Trinajstić information content (AvgIpc) is 3.03. The Kier molecular flexibility index (Phi) is 3.68. The van der Waals surface area contributed by atoms with Gasteiger partial charge in [0.2, 0.25) is 0 Å². The second kappa shape index (κ2) is 5.39. The number of imidazole rings is 1. The molecule has 0 saturated carbocycles. The Morgan fingerprint density at radius 1 is 1.36 bits per heavy atom. The van der Waals surface area contributed by atoms with Gasteiger partial charge in [0.05, 0.1) is 12.4 Å². The van der Waals surface area contributed by atoms with Gasteiger partial charge >= 0.3 is 6.09 Å². The molecule has 1 saturated heterocycles. The topological polar surface area (TPSA) is 73.1 Å². The molecule has 1 aliphatic rings. The molecule has 3 rings (SSSR count). The number of rotatable bonds is 1. The molecule has 0 spiro atoms. The summed E-state index contributed by atoms with van der Waals surface area (Å²) in [4.78, 5) is 26.3. The second-order valence-electron chi connectivity index (χ2n) is 6.36. The molecule has 1 amide bonds. The Hall–Kier alpha value is -1.89. The zero-order valence-corrected chi connectivity index (χ0v) is 13.5. The summed E-state index contributed by atoms with van der Waals surface area (Å²) >= 11 is 6.02. The molecule has 0 bridgehead atoms. The second-order valence-corrected chi connectivity index (χ2v) is 6.72. The number of aromatic nitrogens is 4. The van der Waals surface area contributed by atoms with Gasteiger partial charge < -0.3 is 14.2 Å². The van der Waals surface area contributed by atoms with Gasteiger partial charge in [-0.15, -0.1) is 0 Å². The molecule has 8 heteroatoms. The highest BCUT2D eigenvalue weighted by Gasteiger charge is 2.31. The highest BCUT2D eigenvalue weighted by molar-refractivity contribution is 6.33. The van der Waals surface area contributed by atoms with Crippen molar-refractivity contribution in [2.75, 3.05) is 13.1 Å². The van der Waals surface area contributed by atoms with Gasteiger partial charge in [0.15, 0.2) is 10.8 Å². The third-order valence-electron chi connectivity index (χ3n) is 3.52. The number of nitrogens with zero attached hydrogens (tertiary/aromatic N) is 5. The SMILES string of the molecule is CC(C)(C)OC(=O)N1CC[C@H](n2cnc3c(Cl)ncnc32)C1. The first-order chi connectivity index (χ1) is 10.3. The van der Waals surface area contributed by atoms with E-state index >= 15 is 0 Å². The van der Waals surface area contributed by atoms with Crippen LogP contribution in [0.1, 0.15) is 33.2 Å². The van der Waals surface area contributed by atoms with Crippen LogP contribution in [0.25, 0.3) is 11.2 Å². The normalized spacial score (nSPS) is 18.9. The number of hydrogen-bond acceptors (Lipinski definition) is 5. The summed E-state index contributed by atoms with van der Waals surface area (Å²) in [6, 6.07) is 0.114. The van der Waals surface area contributed by atoms with Crippen LogP contribution in [0.2, 0.25) is 5.15 Å². The standard InChI is InChI=1S/C14H18ClN5O2/c1-14(2,3)22-13(21)19-5-4-9(6-19)20-8-18-10-11(15)16-7-17-12(10)20/h7-9H,4-6H2,1-3H3/t9-/m0/s1. The quantitative estimate of drug-likeness (QED) is 0.754. The van der Waals surface area contributed by atoms with E-state index in [4.69, 9.17) is 16.3 Å². The maximum Gasteiger partial charge on any atom is 0.410 e. The summed E-state index contributed by atoms with van der Waals surface area (Å²) in [6.07, 6.45) is 3.66. The summed E-state index contributed by atoms with van der Waals surface area (Å²) in [5, 5.41) is 0.339. The Labute approximate surface area is 133 Å². The van der Waals surface area contributed by atoms with Gasteiger partial charge in [-0.05, 0) is 27.2 Å². The third kappa shape index (κ3) is 2.85. The predicted octanol–water partition coefficient (Wildman–Crippen LogP) is 2.66. The van der Waals surface area contributed by atoms with Gasteiger partial charge in [-0.2, -0.15) is 0 Å². The Morgan fingerprint density at radius 3 is 2.86 bits per heavy atom. The van der Waals surface area contributed by atoms with Gasteiger partial charge in [0.25, 0.3) is 0 Å². The zero-order chi connectivity index (χ0) is 15.9. The zero-order valence-electron chi connectivity index (χ0n) is 12.8. The van der Waals surface area contributed by atoms with Crippen LogP contribution in [0.5, 0.6) is 0 Å². The highest BCUT2D eigenvalue weighted by Crippen LogP contribution is 2.27. The van der Waals surface area contributed by atoms with E-state index in [-0.39, 0.29) is 12.1 Å². The fourth-order valence-electron chi connectivity index (χ4n) is 2.55. The van der Waals surface area contributed by atoms with Crippen LogP contribution in [-0.2, 0) is 4.74 Å². The predicted molar refractivity (Wildman–Crippen MR) is 81.8 cm³/mol. The molecule has 2 aromatic heterocycles. The summed E-state index contributed by atoms with van der Waals surface area (Å²) < 4.78 is 7.36. The Bertz CT molecular complexity index is 709. The van der Waals surface area contributed by atoms with Gasteiger partial charge in [-0.3, -0.25) is 0 Å². The number of halogens is 1. The number of likely N-dealkylation sites (tertiary alicyclic amines) is 1. The van der Waals surface area contributed by atoms with Crippen molar-refractivity contribution in [3.8, 4) is 0 Å². The van der Waals surface area contributed by atoms with Crippen molar-refractivity contribution < 1.29 is 9.53 Å². The summed E-state index contributed by atoms with van der Waals surface area (Å²) in [5.74, 6) is 0. The van der Waals surface area contributed by atoms with Crippen LogP contribution >= 0.6 is 11.6 Å².